The first-order chi connectivity index (χ1) is 12.9. The molecule has 0 unspecified atom stereocenters. The first-order valence-corrected chi connectivity index (χ1v) is 8.98. The molecule has 1 N–H and O–H groups in total. The van der Waals surface area contributed by atoms with Gasteiger partial charge in [-0.25, -0.2) is 4.79 Å². The van der Waals surface area contributed by atoms with Gasteiger partial charge in [-0.05, 0) is 43.4 Å². The number of carbonyl (C=O) groups excluding carboxylic acids is 2. The molecule has 0 aliphatic carbocycles. The number of methoxy groups -OCH3 is 1. The molecule has 144 valence electrons. The predicted octanol–water partition coefficient (Wildman–Crippen LogP) is 1.53. The van der Waals surface area contributed by atoms with E-state index in [1.54, 1.807) is 17.3 Å². The fraction of sp³-hybridized carbons (Fsp3) is 0.474. The number of pyridine rings is 1. The summed E-state index contributed by atoms with van der Waals surface area (Å²) in [7, 11) is 3.29. The van der Waals surface area contributed by atoms with Crippen molar-refractivity contribution in [1.29, 1.82) is 0 Å². The standard InChI is InChI=1S/C19H25N5O3/c1-12-15(13(2)23(3)22-12)5-7-21-18(25)17-10-20-9-14-11-24(19(26)27-4)8-6-16(14)17/h9-10H,5-8,11H2,1-4H3,(H,21,25). The lowest BCUT2D eigenvalue weighted by molar-refractivity contribution is 0.0951. The molecule has 3 heterocycles. The zero-order valence-corrected chi connectivity index (χ0v) is 16.2. The molecule has 0 atom stereocenters. The average molecular weight is 371 g/mol. The van der Waals surface area contributed by atoms with Crippen LogP contribution in [-0.2, 0) is 31.2 Å². The summed E-state index contributed by atoms with van der Waals surface area (Å²) >= 11 is 0. The van der Waals surface area contributed by atoms with Gasteiger partial charge in [0.25, 0.3) is 5.91 Å². The Balaban J connectivity index is 1.67. The minimum atomic E-state index is -0.363. The van der Waals surface area contributed by atoms with E-state index in [1.807, 2.05) is 25.6 Å². The smallest absolute Gasteiger partial charge is 0.409 e. The van der Waals surface area contributed by atoms with E-state index in [2.05, 4.69) is 15.4 Å². The van der Waals surface area contributed by atoms with Gasteiger partial charge < -0.3 is 15.0 Å². The van der Waals surface area contributed by atoms with E-state index in [0.717, 1.165) is 28.9 Å². The monoisotopic (exact) mass is 371 g/mol. The van der Waals surface area contributed by atoms with Crippen molar-refractivity contribution in [3.8, 4) is 0 Å². The number of rotatable bonds is 4. The van der Waals surface area contributed by atoms with Crippen LogP contribution >= 0.6 is 0 Å². The summed E-state index contributed by atoms with van der Waals surface area (Å²) in [5.74, 6) is -0.134. The van der Waals surface area contributed by atoms with E-state index in [0.29, 0.717) is 31.6 Å². The summed E-state index contributed by atoms with van der Waals surface area (Å²) in [4.78, 5) is 30.2. The van der Waals surface area contributed by atoms with Gasteiger partial charge in [0.2, 0.25) is 0 Å². The van der Waals surface area contributed by atoms with Crippen LogP contribution in [0, 0.1) is 13.8 Å². The number of aromatic nitrogens is 3. The quantitative estimate of drug-likeness (QED) is 0.880. The van der Waals surface area contributed by atoms with E-state index < -0.39 is 0 Å². The van der Waals surface area contributed by atoms with Crippen LogP contribution in [0.5, 0.6) is 0 Å². The van der Waals surface area contributed by atoms with Gasteiger partial charge in [-0.3, -0.25) is 14.5 Å². The molecule has 0 bridgehead atoms. The lowest BCUT2D eigenvalue weighted by Crippen LogP contribution is -2.37. The molecule has 27 heavy (non-hydrogen) atoms. The topological polar surface area (TPSA) is 89.3 Å². The maximum Gasteiger partial charge on any atom is 0.409 e. The maximum atomic E-state index is 12.7. The molecule has 2 aromatic rings. The third-order valence-electron chi connectivity index (χ3n) is 5.14. The number of nitrogens with one attached hydrogen (secondary N) is 1. The van der Waals surface area contributed by atoms with E-state index >= 15 is 0 Å². The van der Waals surface area contributed by atoms with Crippen LogP contribution in [0.15, 0.2) is 12.4 Å². The highest BCUT2D eigenvalue weighted by Gasteiger charge is 2.25. The lowest BCUT2D eigenvalue weighted by Gasteiger charge is -2.28. The normalized spacial score (nSPS) is 13.3. The third kappa shape index (κ3) is 3.79. The Morgan fingerprint density at radius 3 is 2.74 bits per heavy atom. The van der Waals surface area contributed by atoms with Crippen LogP contribution in [0.25, 0.3) is 0 Å². The van der Waals surface area contributed by atoms with Crippen LogP contribution < -0.4 is 5.32 Å². The number of fused-ring (bicyclic) bond motifs is 1. The fourth-order valence-corrected chi connectivity index (χ4v) is 3.55. The molecule has 3 rings (SSSR count). The van der Waals surface area contributed by atoms with Gasteiger partial charge in [0.1, 0.15) is 0 Å². The molecular formula is C19H25N5O3. The molecule has 0 radical (unpaired) electrons. The molecule has 8 nitrogen and oxygen atoms in total. The minimum absolute atomic E-state index is 0.134. The molecule has 0 fully saturated rings. The fourth-order valence-electron chi connectivity index (χ4n) is 3.55. The summed E-state index contributed by atoms with van der Waals surface area (Å²) in [6, 6.07) is 0. The van der Waals surface area contributed by atoms with Crippen molar-refractivity contribution < 1.29 is 14.3 Å². The van der Waals surface area contributed by atoms with Crippen molar-refractivity contribution in [2.45, 2.75) is 33.2 Å². The Labute approximate surface area is 158 Å². The van der Waals surface area contributed by atoms with Crippen molar-refractivity contribution in [2.24, 2.45) is 7.05 Å². The Morgan fingerprint density at radius 1 is 1.30 bits per heavy atom. The predicted molar refractivity (Wildman–Crippen MR) is 99.5 cm³/mol. The van der Waals surface area contributed by atoms with Gasteiger partial charge in [0, 0.05) is 38.2 Å². The minimum Gasteiger partial charge on any atom is -0.453 e. The van der Waals surface area contributed by atoms with Crippen LogP contribution in [0.1, 0.15) is 38.4 Å². The Bertz CT molecular complexity index is 874. The van der Waals surface area contributed by atoms with Crippen molar-refractivity contribution in [2.75, 3.05) is 20.2 Å². The zero-order valence-electron chi connectivity index (χ0n) is 16.2. The van der Waals surface area contributed by atoms with Gasteiger partial charge in [-0.2, -0.15) is 5.10 Å². The number of hydrogen-bond acceptors (Lipinski definition) is 5. The first-order valence-electron chi connectivity index (χ1n) is 8.98. The highest BCUT2D eigenvalue weighted by Crippen LogP contribution is 2.22. The summed E-state index contributed by atoms with van der Waals surface area (Å²) in [5, 5.41) is 7.39. The largest absolute Gasteiger partial charge is 0.453 e. The number of carbonyl (C=O) groups is 2. The molecule has 1 aliphatic heterocycles. The van der Waals surface area contributed by atoms with Crippen molar-refractivity contribution in [1.82, 2.24) is 25.0 Å². The number of aryl methyl sites for hydroxylation is 2. The van der Waals surface area contributed by atoms with Crippen molar-refractivity contribution in [3.63, 3.8) is 0 Å². The molecule has 0 spiro atoms. The second-order valence-corrected chi connectivity index (χ2v) is 6.75. The molecule has 0 saturated heterocycles. The Hall–Kier alpha value is -2.90. The SMILES string of the molecule is COC(=O)N1CCc2c(cncc2C(=O)NCCc2c(C)nn(C)c2C)C1. The van der Waals surface area contributed by atoms with Gasteiger partial charge in [0.15, 0.2) is 0 Å². The maximum absolute atomic E-state index is 12.7. The molecule has 8 heteroatoms. The van der Waals surface area contributed by atoms with Crippen LogP contribution in [-0.4, -0.2) is 51.9 Å². The van der Waals surface area contributed by atoms with E-state index in [4.69, 9.17) is 4.74 Å². The van der Waals surface area contributed by atoms with Gasteiger partial charge in [0.05, 0.1) is 24.9 Å². The molecule has 2 amide bonds. The second-order valence-electron chi connectivity index (χ2n) is 6.75. The number of hydrogen-bond donors (Lipinski definition) is 1. The summed E-state index contributed by atoms with van der Waals surface area (Å²) in [6.45, 7) is 5.48. The molecule has 0 aromatic carbocycles. The molecule has 2 aromatic heterocycles. The highest BCUT2D eigenvalue weighted by atomic mass is 16.5. The van der Waals surface area contributed by atoms with Crippen LogP contribution in [0.3, 0.4) is 0 Å². The lowest BCUT2D eigenvalue weighted by atomic mass is 9.97. The molecular weight excluding hydrogens is 346 g/mol. The van der Waals surface area contributed by atoms with Gasteiger partial charge in [-0.1, -0.05) is 0 Å². The summed E-state index contributed by atoms with van der Waals surface area (Å²) < 4.78 is 6.64. The van der Waals surface area contributed by atoms with Crippen molar-refractivity contribution >= 4 is 12.0 Å². The second kappa shape index (κ2) is 7.77. The highest BCUT2D eigenvalue weighted by molar-refractivity contribution is 5.95. The number of ether oxygens (including phenoxy) is 1. The molecule has 1 aliphatic rings. The molecule has 0 saturated carbocycles. The average Bonchev–Trinajstić information content (AvgIpc) is 2.92. The van der Waals surface area contributed by atoms with E-state index in [1.165, 1.54) is 12.7 Å². The Kier molecular flexibility index (Phi) is 5.43. The first kappa shape index (κ1) is 18.9. The van der Waals surface area contributed by atoms with Crippen molar-refractivity contribution in [3.05, 3.63) is 46.0 Å². The van der Waals surface area contributed by atoms with Gasteiger partial charge >= 0.3 is 6.09 Å². The number of amides is 2. The summed E-state index contributed by atoms with van der Waals surface area (Å²) in [5.41, 5.74) is 5.69. The van der Waals surface area contributed by atoms with Gasteiger partial charge in [-0.15, -0.1) is 0 Å². The van der Waals surface area contributed by atoms with Crippen LogP contribution in [0.4, 0.5) is 4.79 Å². The third-order valence-corrected chi connectivity index (χ3v) is 5.14. The van der Waals surface area contributed by atoms with Crippen LogP contribution in [0.2, 0.25) is 0 Å². The van der Waals surface area contributed by atoms with E-state index in [9.17, 15) is 9.59 Å². The number of nitrogens with zero attached hydrogens (tertiary/aromatic N) is 4. The van der Waals surface area contributed by atoms with E-state index in [-0.39, 0.29) is 12.0 Å². The summed E-state index contributed by atoms with van der Waals surface area (Å²) in [6.07, 6.45) is 4.29. The Morgan fingerprint density at radius 2 is 2.07 bits per heavy atom. The zero-order chi connectivity index (χ0) is 19.6.